The van der Waals surface area contributed by atoms with Crippen molar-refractivity contribution in [3.8, 4) is 5.75 Å². The molecular weight excluding hydrogens is 301 g/mol. The van der Waals surface area contributed by atoms with Crippen LogP contribution in [-0.4, -0.2) is 25.0 Å². The van der Waals surface area contributed by atoms with E-state index in [2.05, 4.69) is 30.1 Å². The highest BCUT2D eigenvalue weighted by Crippen LogP contribution is 2.34. The molecule has 15 heavy (non-hydrogen) atoms. The van der Waals surface area contributed by atoms with Crippen LogP contribution in [0.1, 0.15) is 24.3 Å². The number of likely N-dealkylation sites (tertiary alicyclic amines) is 1. The summed E-state index contributed by atoms with van der Waals surface area (Å²) in [6.45, 7) is 2.39. The minimum absolute atomic E-state index is 0.673. The number of halogens is 1. The smallest absolute Gasteiger partial charge is 0.192 e. The molecule has 0 bridgehead atoms. The van der Waals surface area contributed by atoms with Crippen LogP contribution in [0.4, 0.5) is 0 Å². The fraction of sp³-hybridized carbons (Fsp3) is 0.500. The third-order valence-electron chi connectivity index (χ3n) is 3.16. The van der Waals surface area contributed by atoms with Crippen LogP contribution in [0, 0.1) is 0 Å². The van der Waals surface area contributed by atoms with Gasteiger partial charge in [-0.2, -0.15) is 0 Å². The van der Waals surface area contributed by atoms with Crippen molar-refractivity contribution in [1.29, 1.82) is 0 Å². The molecule has 1 saturated heterocycles. The van der Waals surface area contributed by atoms with Gasteiger partial charge in [-0.25, -0.2) is 0 Å². The predicted molar refractivity (Wildman–Crippen MR) is 70.6 cm³/mol. The Morgan fingerprint density at radius 2 is 1.93 bits per heavy atom. The van der Waals surface area contributed by atoms with E-state index in [1.807, 2.05) is 29.1 Å². The lowest BCUT2D eigenvalue weighted by atomic mass is 9.89. The summed E-state index contributed by atoms with van der Waals surface area (Å²) in [4.78, 5) is 2.39. The molecule has 0 N–H and O–H groups in total. The molecule has 0 atom stereocenters. The minimum Gasteiger partial charge on any atom is -0.427 e. The highest BCUT2D eigenvalue weighted by atomic mass is 127. The van der Waals surface area contributed by atoms with Crippen molar-refractivity contribution < 1.29 is 3.07 Å². The van der Waals surface area contributed by atoms with Crippen molar-refractivity contribution in [3.63, 3.8) is 0 Å². The molecule has 1 aromatic rings. The van der Waals surface area contributed by atoms with E-state index in [-0.39, 0.29) is 0 Å². The standard InChI is InChI=1S/C12H16INO/c1-14-8-6-10(7-9-14)11-4-2-3-5-12(11)15-13/h2-5,10H,6-9H2,1H3. The Morgan fingerprint density at radius 1 is 1.27 bits per heavy atom. The van der Waals surface area contributed by atoms with Crippen LogP contribution in [0.3, 0.4) is 0 Å². The van der Waals surface area contributed by atoms with E-state index in [4.69, 9.17) is 3.07 Å². The van der Waals surface area contributed by atoms with Crippen molar-refractivity contribution in [2.75, 3.05) is 20.1 Å². The molecular formula is C12H16INO. The van der Waals surface area contributed by atoms with Gasteiger partial charge in [0.25, 0.3) is 0 Å². The first-order chi connectivity index (χ1) is 7.31. The summed E-state index contributed by atoms with van der Waals surface area (Å²) in [5.41, 5.74) is 1.38. The van der Waals surface area contributed by atoms with E-state index < -0.39 is 0 Å². The van der Waals surface area contributed by atoms with Crippen molar-refractivity contribution in [2.24, 2.45) is 0 Å². The number of benzene rings is 1. The molecule has 1 fully saturated rings. The second-order valence-electron chi connectivity index (χ2n) is 4.19. The lowest BCUT2D eigenvalue weighted by molar-refractivity contribution is 0.254. The van der Waals surface area contributed by atoms with Crippen LogP contribution in [0.5, 0.6) is 5.75 Å². The van der Waals surface area contributed by atoms with Crippen molar-refractivity contribution in [3.05, 3.63) is 29.8 Å². The Balaban J connectivity index is 2.15. The molecule has 1 aromatic carbocycles. The summed E-state index contributed by atoms with van der Waals surface area (Å²) in [6, 6.07) is 8.39. The summed E-state index contributed by atoms with van der Waals surface area (Å²) in [5, 5.41) is 0. The van der Waals surface area contributed by atoms with Gasteiger partial charge in [-0.15, -0.1) is 0 Å². The van der Waals surface area contributed by atoms with Gasteiger partial charge in [-0.05, 0) is 50.5 Å². The van der Waals surface area contributed by atoms with Gasteiger partial charge in [0.15, 0.2) is 23.0 Å². The Kier molecular flexibility index (Phi) is 3.86. The molecule has 2 nitrogen and oxygen atoms in total. The maximum Gasteiger partial charge on any atom is 0.192 e. The summed E-state index contributed by atoms with van der Waals surface area (Å²) >= 11 is 1.97. The average molecular weight is 317 g/mol. The zero-order chi connectivity index (χ0) is 10.7. The summed E-state index contributed by atoms with van der Waals surface area (Å²) in [5.74, 6) is 1.71. The number of piperidine rings is 1. The first-order valence-corrected chi connectivity index (χ1v) is 6.25. The topological polar surface area (TPSA) is 12.5 Å². The Morgan fingerprint density at radius 3 is 2.60 bits per heavy atom. The van der Waals surface area contributed by atoms with E-state index in [1.54, 1.807) is 0 Å². The number of hydrogen-bond acceptors (Lipinski definition) is 2. The van der Waals surface area contributed by atoms with Crippen LogP contribution in [0.15, 0.2) is 24.3 Å². The zero-order valence-corrected chi connectivity index (χ0v) is 11.1. The summed E-state index contributed by atoms with van der Waals surface area (Å²) in [6.07, 6.45) is 2.49. The summed E-state index contributed by atoms with van der Waals surface area (Å²) < 4.78 is 5.38. The second-order valence-corrected chi connectivity index (χ2v) is 4.63. The molecule has 0 aromatic heterocycles. The molecule has 0 unspecified atom stereocenters. The van der Waals surface area contributed by atoms with Gasteiger partial charge in [0, 0.05) is 0 Å². The number of rotatable bonds is 2. The van der Waals surface area contributed by atoms with Crippen LogP contribution in [-0.2, 0) is 0 Å². The number of hydrogen-bond donors (Lipinski definition) is 0. The van der Waals surface area contributed by atoms with E-state index >= 15 is 0 Å². The highest BCUT2D eigenvalue weighted by molar-refractivity contribution is 14.1. The van der Waals surface area contributed by atoms with Crippen LogP contribution in [0.25, 0.3) is 0 Å². The average Bonchev–Trinajstić information content (AvgIpc) is 2.30. The second kappa shape index (κ2) is 5.16. The lowest BCUT2D eigenvalue weighted by Gasteiger charge is -2.29. The minimum atomic E-state index is 0.673. The van der Waals surface area contributed by atoms with Crippen molar-refractivity contribution >= 4 is 23.0 Å². The molecule has 1 aliphatic rings. The molecule has 82 valence electrons. The maximum atomic E-state index is 5.38. The zero-order valence-electron chi connectivity index (χ0n) is 8.95. The first kappa shape index (κ1) is 11.2. The quantitative estimate of drug-likeness (QED) is 0.777. The maximum absolute atomic E-state index is 5.38. The third-order valence-corrected chi connectivity index (χ3v) is 3.63. The fourth-order valence-corrected chi connectivity index (χ4v) is 2.61. The van der Waals surface area contributed by atoms with Gasteiger partial charge in [0.1, 0.15) is 5.75 Å². The molecule has 0 radical (unpaired) electrons. The predicted octanol–water partition coefficient (Wildman–Crippen LogP) is 3.22. The molecule has 2 rings (SSSR count). The van der Waals surface area contributed by atoms with Crippen LogP contribution in [0.2, 0.25) is 0 Å². The molecule has 0 saturated carbocycles. The van der Waals surface area contributed by atoms with Gasteiger partial charge in [-0.3, -0.25) is 0 Å². The lowest BCUT2D eigenvalue weighted by Crippen LogP contribution is -2.29. The SMILES string of the molecule is CN1CCC(c2ccccc2OI)CC1. The Labute approximate surface area is 105 Å². The van der Waals surface area contributed by atoms with E-state index in [0.717, 1.165) is 5.75 Å². The highest BCUT2D eigenvalue weighted by Gasteiger charge is 2.20. The van der Waals surface area contributed by atoms with Crippen LogP contribution < -0.4 is 3.07 Å². The van der Waals surface area contributed by atoms with Gasteiger partial charge in [0.2, 0.25) is 0 Å². The van der Waals surface area contributed by atoms with Gasteiger partial charge >= 0.3 is 0 Å². The van der Waals surface area contributed by atoms with Crippen LogP contribution >= 0.6 is 23.0 Å². The molecule has 1 heterocycles. The Bertz CT molecular complexity index is 321. The summed E-state index contributed by atoms with van der Waals surface area (Å²) in [7, 11) is 2.19. The number of para-hydroxylation sites is 1. The first-order valence-electron chi connectivity index (χ1n) is 5.37. The van der Waals surface area contributed by atoms with E-state index in [0.29, 0.717) is 5.92 Å². The molecule has 0 aliphatic carbocycles. The van der Waals surface area contributed by atoms with Crippen molar-refractivity contribution in [1.82, 2.24) is 4.90 Å². The normalized spacial score (nSPS) is 19.1. The third kappa shape index (κ3) is 2.64. The van der Waals surface area contributed by atoms with E-state index in [1.165, 1.54) is 31.5 Å². The molecule has 3 heteroatoms. The number of nitrogens with zero attached hydrogens (tertiary/aromatic N) is 1. The molecule has 1 aliphatic heterocycles. The van der Waals surface area contributed by atoms with E-state index in [9.17, 15) is 0 Å². The van der Waals surface area contributed by atoms with Gasteiger partial charge < -0.3 is 7.97 Å². The fourth-order valence-electron chi connectivity index (χ4n) is 2.21. The van der Waals surface area contributed by atoms with Crippen molar-refractivity contribution in [2.45, 2.75) is 18.8 Å². The molecule has 0 amide bonds. The van der Waals surface area contributed by atoms with Gasteiger partial charge in [0.05, 0.1) is 0 Å². The largest absolute Gasteiger partial charge is 0.427 e. The molecule has 0 spiro atoms. The van der Waals surface area contributed by atoms with Gasteiger partial charge in [-0.1, -0.05) is 18.2 Å². The Hall–Kier alpha value is -0.290. The monoisotopic (exact) mass is 317 g/mol.